The Morgan fingerprint density at radius 2 is 1.86 bits per heavy atom. The highest BCUT2D eigenvalue weighted by molar-refractivity contribution is 6.31. The van der Waals surface area contributed by atoms with Crippen LogP contribution in [0.25, 0.3) is 0 Å². The van der Waals surface area contributed by atoms with Gasteiger partial charge in [0.15, 0.2) is 11.5 Å². The summed E-state index contributed by atoms with van der Waals surface area (Å²) >= 11 is 5.92. The van der Waals surface area contributed by atoms with E-state index in [4.69, 9.17) is 21.1 Å². The molecule has 1 rings (SSSR count). The number of rotatable bonds is 4. The van der Waals surface area contributed by atoms with Crippen molar-refractivity contribution >= 4 is 17.9 Å². The highest BCUT2D eigenvalue weighted by Gasteiger charge is 2.08. The van der Waals surface area contributed by atoms with Gasteiger partial charge in [0, 0.05) is 17.5 Å². The number of methoxy groups -OCH3 is 2. The van der Waals surface area contributed by atoms with Crippen molar-refractivity contribution in [3.05, 3.63) is 22.7 Å². The van der Waals surface area contributed by atoms with Gasteiger partial charge in [-0.2, -0.15) is 0 Å². The summed E-state index contributed by atoms with van der Waals surface area (Å²) in [6.45, 7) is 0. The molecule has 76 valence electrons. The highest BCUT2D eigenvalue weighted by atomic mass is 35.5. The van der Waals surface area contributed by atoms with Gasteiger partial charge in [0.25, 0.3) is 0 Å². The molecule has 0 amide bonds. The standard InChI is InChI=1S/C10H11ClO3/c1-13-9-5-7(3-4-12)8(11)6-10(9)14-2/h4-6H,3H2,1-2H3. The van der Waals surface area contributed by atoms with Crippen molar-refractivity contribution in [2.24, 2.45) is 0 Å². The van der Waals surface area contributed by atoms with Crippen LogP contribution in [-0.4, -0.2) is 20.5 Å². The summed E-state index contributed by atoms with van der Waals surface area (Å²) in [5.41, 5.74) is 0.735. The third kappa shape index (κ3) is 2.17. The second-order valence-corrected chi connectivity index (χ2v) is 3.08. The number of carbonyl (C=O) groups excluding carboxylic acids is 1. The van der Waals surface area contributed by atoms with Crippen molar-refractivity contribution in [1.82, 2.24) is 0 Å². The van der Waals surface area contributed by atoms with Crippen LogP contribution < -0.4 is 9.47 Å². The molecule has 0 radical (unpaired) electrons. The van der Waals surface area contributed by atoms with Gasteiger partial charge in [-0.1, -0.05) is 11.6 Å². The Labute approximate surface area is 87.6 Å². The molecule has 0 aliphatic rings. The summed E-state index contributed by atoms with van der Waals surface area (Å²) in [4.78, 5) is 10.3. The van der Waals surface area contributed by atoms with Gasteiger partial charge in [0.2, 0.25) is 0 Å². The zero-order valence-corrected chi connectivity index (χ0v) is 8.80. The molecule has 14 heavy (non-hydrogen) atoms. The second-order valence-electron chi connectivity index (χ2n) is 2.67. The fourth-order valence-electron chi connectivity index (χ4n) is 1.14. The van der Waals surface area contributed by atoms with Gasteiger partial charge in [-0.05, 0) is 11.6 Å². The maximum Gasteiger partial charge on any atom is 0.162 e. The van der Waals surface area contributed by atoms with E-state index in [1.54, 1.807) is 12.1 Å². The van der Waals surface area contributed by atoms with Gasteiger partial charge in [-0.15, -0.1) is 0 Å². The first-order valence-electron chi connectivity index (χ1n) is 4.07. The van der Waals surface area contributed by atoms with Crippen molar-refractivity contribution < 1.29 is 14.3 Å². The van der Waals surface area contributed by atoms with E-state index >= 15 is 0 Å². The molecule has 0 aliphatic heterocycles. The van der Waals surface area contributed by atoms with E-state index in [0.717, 1.165) is 11.8 Å². The molecule has 0 atom stereocenters. The van der Waals surface area contributed by atoms with Gasteiger partial charge >= 0.3 is 0 Å². The Hall–Kier alpha value is -1.22. The number of carbonyl (C=O) groups is 1. The minimum absolute atomic E-state index is 0.277. The second kappa shape index (κ2) is 4.86. The number of ether oxygens (including phenoxy) is 2. The molecule has 0 unspecified atom stereocenters. The van der Waals surface area contributed by atoms with Gasteiger partial charge in [0.05, 0.1) is 14.2 Å². The molecular weight excluding hydrogens is 204 g/mol. The molecule has 0 saturated heterocycles. The van der Waals surface area contributed by atoms with E-state index in [0.29, 0.717) is 16.5 Å². The maximum atomic E-state index is 10.3. The Balaban J connectivity index is 3.15. The quantitative estimate of drug-likeness (QED) is 0.720. The van der Waals surface area contributed by atoms with Crippen LogP contribution in [0.15, 0.2) is 12.1 Å². The summed E-state index contributed by atoms with van der Waals surface area (Å²) in [6.07, 6.45) is 1.08. The zero-order chi connectivity index (χ0) is 10.6. The van der Waals surface area contributed by atoms with Crippen LogP contribution in [0.4, 0.5) is 0 Å². The highest BCUT2D eigenvalue weighted by Crippen LogP contribution is 2.32. The van der Waals surface area contributed by atoms with E-state index in [-0.39, 0.29) is 6.42 Å². The minimum atomic E-state index is 0.277. The van der Waals surface area contributed by atoms with Gasteiger partial charge < -0.3 is 14.3 Å². The van der Waals surface area contributed by atoms with E-state index in [1.165, 1.54) is 14.2 Å². The van der Waals surface area contributed by atoms with Crippen LogP contribution in [0.2, 0.25) is 5.02 Å². The van der Waals surface area contributed by atoms with Crippen LogP contribution in [0.5, 0.6) is 11.5 Å². The molecule has 0 N–H and O–H groups in total. The molecule has 0 aromatic heterocycles. The SMILES string of the molecule is COc1cc(Cl)c(CC=O)cc1OC. The van der Waals surface area contributed by atoms with Crippen molar-refractivity contribution in [3.63, 3.8) is 0 Å². The smallest absolute Gasteiger partial charge is 0.162 e. The Morgan fingerprint density at radius 3 is 2.36 bits per heavy atom. The number of aldehydes is 1. The number of benzene rings is 1. The van der Waals surface area contributed by atoms with E-state index in [2.05, 4.69) is 0 Å². The summed E-state index contributed by atoms with van der Waals surface area (Å²) in [7, 11) is 3.07. The fourth-order valence-corrected chi connectivity index (χ4v) is 1.37. The lowest BCUT2D eigenvalue weighted by Gasteiger charge is -2.09. The predicted octanol–water partition coefficient (Wildman–Crippen LogP) is 2.10. The summed E-state index contributed by atoms with van der Waals surface area (Å²) in [5.74, 6) is 1.14. The third-order valence-electron chi connectivity index (χ3n) is 1.86. The van der Waals surface area contributed by atoms with Crippen LogP contribution >= 0.6 is 11.6 Å². The monoisotopic (exact) mass is 214 g/mol. The molecule has 0 bridgehead atoms. The minimum Gasteiger partial charge on any atom is -0.493 e. The van der Waals surface area contributed by atoms with Crippen LogP contribution in [0, 0.1) is 0 Å². The Bertz CT molecular complexity index is 336. The van der Waals surface area contributed by atoms with Crippen LogP contribution in [0.1, 0.15) is 5.56 Å². The molecule has 0 fully saturated rings. The molecule has 3 nitrogen and oxygen atoms in total. The first kappa shape index (κ1) is 10.9. The predicted molar refractivity (Wildman–Crippen MR) is 54.3 cm³/mol. The molecule has 0 aliphatic carbocycles. The van der Waals surface area contributed by atoms with E-state index in [1.807, 2.05) is 0 Å². The number of hydrogen-bond acceptors (Lipinski definition) is 3. The fraction of sp³-hybridized carbons (Fsp3) is 0.300. The normalized spacial score (nSPS) is 9.64. The average molecular weight is 215 g/mol. The first-order chi connectivity index (χ1) is 6.72. The topological polar surface area (TPSA) is 35.5 Å². The summed E-state index contributed by atoms with van der Waals surface area (Å²) in [5, 5.41) is 0.509. The Kier molecular flexibility index (Phi) is 3.77. The largest absolute Gasteiger partial charge is 0.493 e. The molecule has 1 aromatic rings. The van der Waals surface area contributed by atoms with Crippen molar-refractivity contribution in [2.75, 3.05) is 14.2 Å². The van der Waals surface area contributed by atoms with E-state index in [9.17, 15) is 4.79 Å². The zero-order valence-electron chi connectivity index (χ0n) is 8.04. The van der Waals surface area contributed by atoms with Gasteiger partial charge in [-0.25, -0.2) is 0 Å². The molecule has 4 heteroatoms. The molecule has 0 saturated carbocycles. The van der Waals surface area contributed by atoms with Crippen LogP contribution in [0.3, 0.4) is 0 Å². The van der Waals surface area contributed by atoms with Gasteiger partial charge in [-0.3, -0.25) is 0 Å². The summed E-state index contributed by atoms with van der Waals surface area (Å²) < 4.78 is 10.1. The molecular formula is C10H11ClO3. The molecule has 1 aromatic carbocycles. The molecule has 0 heterocycles. The van der Waals surface area contributed by atoms with Crippen molar-refractivity contribution in [2.45, 2.75) is 6.42 Å². The van der Waals surface area contributed by atoms with Gasteiger partial charge in [0.1, 0.15) is 6.29 Å². The lowest BCUT2D eigenvalue weighted by atomic mass is 10.1. The lowest BCUT2D eigenvalue weighted by molar-refractivity contribution is -0.107. The molecule has 0 spiro atoms. The number of hydrogen-bond donors (Lipinski definition) is 0. The Morgan fingerprint density at radius 1 is 1.29 bits per heavy atom. The number of halogens is 1. The lowest BCUT2D eigenvalue weighted by Crippen LogP contribution is -1.94. The third-order valence-corrected chi connectivity index (χ3v) is 2.21. The average Bonchev–Trinajstić information content (AvgIpc) is 2.20. The maximum absolute atomic E-state index is 10.3. The van der Waals surface area contributed by atoms with Crippen LogP contribution in [-0.2, 0) is 11.2 Å². The first-order valence-corrected chi connectivity index (χ1v) is 4.44. The van der Waals surface area contributed by atoms with Crippen molar-refractivity contribution in [1.29, 1.82) is 0 Å². The van der Waals surface area contributed by atoms with E-state index < -0.39 is 0 Å². The van der Waals surface area contributed by atoms with Crippen molar-refractivity contribution in [3.8, 4) is 11.5 Å². The summed E-state index contributed by atoms with van der Waals surface area (Å²) in [6, 6.07) is 3.34.